The van der Waals surface area contributed by atoms with Crippen LogP contribution in [0.2, 0.25) is 0 Å². The summed E-state index contributed by atoms with van der Waals surface area (Å²) >= 11 is 1.04. The van der Waals surface area contributed by atoms with E-state index in [2.05, 4.69) is 24.7 Å². The molecule has 2 heterocycles. The molecule has 0 bridgehead atoms. The number of carbonyl (C=O) groups is 1. The second kappa shape index (κ2) is 6.59. The van der Waals surface area contributed by atoms with Crippen molar-refractivity contribution in [3.8, 4) is 0 Å². The van der Waals surface area contributed by atoms with Crippen molar-refractivity contribution in [1.82, 2.24) is 20.0 Å². The van der Waals surface area contributed by atoms with Crippen LogP contribution in [-0.2, 0) is 16.8 Å². The number of hydrogen-bond acceptors (Lipinski definition) is 5. The van der Waals surface area contributed by atoms with E-state index in [0.29, 0.717) is 6.54 Å². The Kier molecular flexibility index (Phi) is 4.51. The normalized spacial score (nSPS) is 11.5. The quantitative estimate of drug-likeness (QED) is 0.529. The molecule has 8 nitrogen and oxygen atoms in total. The number of aromatic amines is 1. The smallest absolute Gasteiger partial charge is 0.300 e. The number of benzene rings is 1. The fraction of sp³-hybridized carbons (Fsp3) is 0.143. The lowest BCUT2D eigenvalue weighted by atomic mass is 10.2. The summed E-state index contributed by atoms with van der Waals surface area (Å²) < 4.78 is 27.1. The van der Waals surface area contributed by atoms with Crippen LogP contribution in [0, 0.1) is 0 Å². The van der Waals surface area contributed by atoms with E-state index >= 15 is 0 Å². The molecule has 2 aromatic heterocycles. The molecule has 0 aliphatic carbocycles. The van der Waals surface area contributed by atoms with Gasteiger partial charge in [0, 0.05) is 23.6 Å². The predicted molar refractivity (Wildman–Crippen MR) is 93.2 cm³/mol. The van der Waals surface area contributed by atoms with E-state index in [1.165, 1.54) is 12.4 Å². The average molecular weight is 365 g/mol. The Labute approximate surface area is 142 Å². The molecule has 0 aliphatic rings. The molecule has 3 aromatic rings. The van der Waals surface area contributed by atoms with Crippen molar-refractivity contribution >= 4 is 43.5 Å². The molecule has 0 fully saturated rings. The minimum atomic E-state index is -3.64. The Morgan fingerprint density at radius 2 is 2.12 bits per heavy atom. The highest BCUT2D eigenvalue weighted by Crippen LogP contribution is 2.17. The van der Waals surface area contributed by atoms with Crippen LogP contribution < -0.4 is 14.8 Å². The average Bonchev–Trinajstić information content (AvgIpc) is 3.18. The number of carbonyl (C=O) groups excluding carboxylic acids is 1. The van der Waals surface area contributed by atoms with Crippen molar-refractivity contribution in [3.63, 3.8) is 0 Å². The van der Waals surface area contributed by atoms with E-state index in [4.69, 9.17) is 0 Å². The molecule has 24 heavy (non-hydrogen) atoms. The Hall–Kier alpha value is -2.43. The van der Waals surface area contributed by atoms with Gasteiger partial charge in [-0.3, -0.25) is 4.79 Å². The number of hydrogen-bond donors (Lipinski definition) is 4. The highest BCUT2D eigenvalue weighted by molar-refractivity contribution is 7.91. The standard InChI is InChI=1S/C14H15N5O3S2/c1-15-24(21,22)19-14-18-12(8-23-14)13(20)16-7-10-6-9-4-2-3-5-11(9)17-10/h2-6,8,15,17H,7H2,1H3,(H,16,20)(H,18,19). The zero-order valence-corrected chi connectivity index (χ0v) is 14.3. The minimum absolute atomic E-state index is 0.125. The second-order valence-electron chi connectivity index (χ2n) is 4.91. The summed E-state index contributed by atoms with van der Waals surface area (Å²) in [6.45, 7) is 0.322. The summed E-state index contributed by atoms with van der Waals surface area (Å²) in [7, 11) is -2.36. The number of H-pyrrole nitrogens is 1. The number of anilines is 1. The van der Waals surface area contributed by atoms with Crippen LogP contribution in [-0.4, -0.2) is 31.3 Å². The molecule has 0 aliphatic heterocycles. The van der Waals surface area contributed by atoms with Crippen LogP contribution in [0.25, 0.3) is 10.9 Å². The maximum atomic E-state index is 12.1. The van der Waals surface area contributed by atoms with Gasteiger partial charge in [-0.25, -0.2) is 14.4 Å². The molecule has 4 N–H and O–H groups in total. The lowest BCUT2D eigenvalue weighted by Gasteiger charge is -2.02. The monoisotopic (exact) mass is 365 g/mol. The number of para-hydroxylation sites is 1. The van der Waals surface area contributed by atoms with Crippen molar-refractivity contribution in [2.24, 2.45) is 0 Å². The maximum absolute atomic E-state index is 12.1. The number of thiazole rings is 1. The van der Waals surface area contributed by atoms with Crippen molar-refractivity contribution in [2.45, 2.75) is 6.54 Å². The van der Waals surface area contributed by atoms with Gasteiger partial charge in [-0.1, -0.05) is 18.2 Å². The molecule has 3 rings (SSSR count). The van der Waals surface area contributed by atoms with Crippen LogP contribution in [0.4, 0.5) is 5.13 Å². The number of fused-ring (bicyclic) bond motifs is 1. The topological polar surface area (TPSA) is 116 Å². The first-order valence-corrected chi connectivity index (χ1v) is 9.35. The van der Waals surface area contributed by atoms with Crippen LogP contribution >= 0.6 is 11.3 Å². The Morgan fingerprint density at radius 1 is 1.33 bits per heavy atom. The number of nitrogens with zero attached hydrogens (tertiary/aromatic N) is 1. The summed E-state index contributed by atoms with van der Waals surface area (Å²) in [5.41, 5.74) is 2.03. The number of amides is 1. The van der Waals surface area contributed by atoms with E-state index in [1.54, 1.807) is 0 Å². The fourth-order valence-electron chi connectivity index (χ4n) is 2.09. The third-order valence-electron chi connectivity index (χ3n) is 3.25. The van der Waals surface area contributed by atoms with Gasteiger partial charge >= 0.3 is 10.2 Å². The zero-order chi connectivity index (χ0) is 17.2. The molecular formula is C14H15N5O3S2. The fourth-order valence-corrected chi connectivity index (χ4v) is 3.52. The van der Waals surface area contributed by atoms with Crippen LogP contribution in [0.3, 0.4) is 0 Å². The lowest BCUT2D eigenvalue weighted by molar-refractivity contribution is 0.0946. The molecule has 0 atom stereocenters. The predicted octanol–water partition coefficient (Wildman–Crippen LogP) is 1.43. The summed E-state index contributed by atoms with van der Waals surface area (Å²) in [6, 6.07) is 9.79. The highest BCUT2D eigenvalue weighted by atomic mass is 32.2. The van der Waals surface area contributed by atoms with E-state index < -0.39 is 10.2 Å². The van der Waals surface area contributed by atoms with E-state index in [0.717, 1.165) is 27.9 Å². The van der Waals surface area contributed by atoms with E-state index in [9.17, 15) is 13.2 Å². The number of nitrogens with one attached hydrogen (secondary N) is 4. The van der Waals surface area contributed by atoms with Crippen LogP contribution in [0.1, 0.15) is 16.2 Å². The Morgan fingerprint density at radius 3 is 2.88 bits per heavy atom. The molecular weight excluding hydrogens is 350 g/mol. The SMILES string of the molecule is CNS(=O)(=O)Nc1nc(C(=O)NCc2cc3ccccc3[nH]2)cs1. The van der Waals surface area contributed by atoms with Crippen molar-refractivity contribution in [3.05, 3.63) is 47.1 Å². The molecule has 1 amide bonds. The molecule has 0 saturated carbocycles. The first-order chi connectivity index (χ1) is 11.5. The first kappa shape index (κ1) is 16.4. The van der Waals surface area contributed by atoms with Gasteiger partial charge in [0.15, 0.2) is 5.13 Å². The van der Waals surface area contributed by atoms with Gasteiger partial charge in [-0.05, 0) is 17.5 Å². The first-order valence-electron chi connectivity index (χ1n) is 6.98. The summed E-state index contributed by atoms with van der Waals surface area (Å²) in [5.74, 6) is -0.375. The number of rotatable bonds is 6. The summed E-state index contributed by atoms with van der Waals surface area (Å²) in [4.78, 5) is 19.3. The molecule has 1 aromatic carbocycles. The van der Waals surface area contributed by atoms with Crippen LogP contribution in [0.5, 0.6) is 0 Å². The summed E-state index contributed by atoms with van der Waals surface area (Å²) in [6.07, 6.45) is 0. The largest absolute Gasteiger partial charge is 0.357 e. The van der Waals surface area contributed by atoms with Crippen molar-refractivity contribution in [1.29, 1.82) is 0 Å². The number of aromatic nitrogens is 2. The lowest BCUT2D eigenvalue weighted by Crippen LogP contribution is -2.26. The van der Waals surface area contributed by atoms with Gasteiger partial charge in [-0.2, -0.15) is 8.42 Å². The highest BCUT2D eigenvalue weighted by Gasteiger charge is 2.14. The van der Waals surface area contributed by atoms with E-state index in [-0.39, 0.29) is 16.7 Å². The molecule has 0 unspecified atom stereocenters. The Balaban J connectivity index is 1.64. The van der Waals surface area contributed by atoms with Crippen LogP contribution in [0.15, 0.2) is 35.7 Å². The van der Waals surface area contributed by atoms with Gasteiger partial charge in [0.25, 0.3) is 5.91 Å². The van der Waals surface area contributed by atoms with E-state index in [1.807, 2.05) is 30.3 Å². The second-order valence-corrected chi connectivity index (χ2v) is 7.39. The molecule has 126 valence electrons. The third-order valence-corrected chi connectivity index (χ3v) is 5.14. The molecule has 10 heteroatoms. The summed E-state index contributed by atoms with van der Waals surface area (Å²) in [5, 5.41) is 5.44. The van der Waals surface area contributed by atoms with Crippen molar-refractivity contribution in [2.75, 3.05) is 11.8 Å². The molecule has 0 spiro atoms. The third kappa shape index (κ3) is 3.72. The van der Waals surface area contributed by atoms with Gasteiger partial charge in [0.1, 0.15) is 5.69 Å². The molecule has 0 saturated heterocycles. The van der Waals surface area contributed by atoms with Gasteiger partial charge in [-0.15, -0.1) is 11.3 Å². The van der Waals surface area contributed by atoms with Gasteiger partial charge in [0.05, 0.1) is 6.54 Å². The van der Waals surface area contributed by atoms with Gasteiger partial charge in [0.2, 0.25) is 0 Å². The minimum Gasteiger partial charge on any atom is -0.357 e. The van der Waals surface area contributed by atoms with Crippen molar-refractivity contribution < 1.29 is 13.2 Å². The maximum Gasteiger partial charge on any atom is 0.300 e. The molecule has 0 radical (unpaired) electrons. The zero-order valence-electron chi connectivity index (χ0n) is 12.7. The Bertz CT molecular complexity index is 944. The van der Waals surface area contributed by atoms with Gasteiger partial charge < -0.3 is 10.3 Å².